The van der Waals surface area contributed by atoms with Crippen LogP contribution in [0.4, 0.5) is 0 Å². The zero-order valence-corrected chi connectivity index (χ0v) is 11.8. The number of fused-ring (bicyclic) bond motifs is 1. The number of allylic oxidation sites excluding steroid dienone is 2. The molecule has 1 aliphatic rings. The molecular formula is C15H21BO2. The van der Waals surface area contributed by atoms with Crippen molar-refractivity contribution in [3.63, 3.8) is 0 Å². The van der Waals surface area contributed by atoms with Gasteiger partial charge in [-0.25, -0.2) is 0 Å². The number of rotatable bonds is 1. The molecule has 18 heavy (non-hydrogen) atoms. The summed E-state index contributed by atoms with van der Waals surface area (Å²) < 4.78 is 0. The highest BCUT2D eigenvalue weighted by Crippen LogP contribution is 2.40. The second-order valence-corrected chi connectivity index (χ2v) is 6.40. The van der Waals surface area contributed by atoms with Gasteiger partial charge in [-0.1, -0.05) is 57.5 Å². The van der Waals surface area contributed by atoms with E-state index in [2.05, 4.69) is 45.9 Å². The van der Waals surface area contributed by atoms with Crippen molar-refractivity contribution in [3.8, 4) is 0 Å². The van der Waals surface area contributed by atoms with E-state index in [9.17, 15) is 10.0 Å². The summed E-state index contributed by atoms with van der Waals surface area (Å²) in [6.45, 7) is 10.6. The van der Waals surface area contributed by atoms with Crippen LogP contribution in [0.3, 0.4) is 0 Å². The van der Waals surface area contributed by atoms with Gasteiger partial charge in [0, 0.05) is 10.8 Å². The fourth-order valence-electron chi connectivity index (χ4n) is 2.67. The number of hydrogen-bond acceptors (Lipinski definition) is 2. The van der Waals surface area contributed by atoms with Crippen molar-refractivity contribution in [1.82, 2.24) is 0 Å². The summed E-state index contributed by atoms with van der Waals surface area (Å²) in [7, 11) is -1.40. The number of hydrogen-bond donors (Lipinski definition) is 2. The third-order valence-corrected chi connectivity index (χ3v) is 3.99. The maximum atomic E-state index is 9.44. The molecule has 0 bridgehead atoms. The van der Waals surface area contributed by atoms with Gasteiger partial charge >= 0.3 is 7.12 Å². The van der Waals surface area contributed by atoms with Crippen LogP contribution >= 0.6 is 0 Å². The Labute approximate surface area is 110 Å². The molecule has 0 aliphatic heterocycles. The lowest BCUT2D eigenvalue weighted by molar-refractivity contribution is 0.425. The second kappa shape index (κ2) is 3.97. The lowest BCUT2D eigenvalue weighted by atomic mass is 9.64. The summed E-state index contributed by atoms with van der Waals surface area (Å²) in [5, 5.41) is 18.9. The van der Waals surface area contributed by atoms with E-state index in [1.165, 1.54) is 11.1 Å². The lowest BCUT2D eigenvalue weighted by Crippen LogP contribution is -2.37. The second-order valence-electron chi connectivity index (χ2n) is 6.40. The van der Waals surface area contributed by atoms with Gasteiger partial charge in [0.15, 0.2) is 0 Å². The van der Waals surface area contributed by atoms with E-state index in [1.54, 1.807) is 0 Å². The minimum atomic E-state index is -1.40. The smallest absolute Gasteiger partial charge is 0.423 e. The Morgan fingerprint density at radius 2 is 1.33 bits per heavy atom. The van der Waals surface area contributed by atoms with Crippen LogP contribution in [0.2, 0.25) is 0 Å². The highest BCUT2D eigenvalue weighted by molar-refractivity contribution is 6.59. The van der Waals surface area contributed by atoms with Gasteiger partial charge in [0.1, 0.15) is 0 Å². The first-order chi connectivity index (χ1) is 8.15. The standard InChI is InChI=1S/C15H21BO2/c1-10-8-11-12(9-13(10)16(17)18)15(4,5)7-6-14(11,2)3/h6-9,17-18H,1-5H3. The summed E-state index contributed by atoms with van der Waals surface area (Å²) in [5.74, 6) is 0. The Kier molecular flexibility index (Phi) is 2.95. The summed E-state index contributed by atoms with van der Waals surface area (Å²) >= 11 is 0. The lowest BCUT2D eigenvalue weighted by Gasteiger charge is -2.37. The van der Waals surface area contributed by atoms with Gasteiger partial charge in [-0.15, -0.1) is 0 Å². The van der Waals surface area contributed by atoms with Crippen molar-refractivity contribution in [3.05, 3.63) is 41.0 Å². The summed E-state index contributed by atoms with van der Waals surface area (Å²) in [4.78, 5) is 0. The molecule has 2 N–H and O–H groups in total. The van der Waals surface area contributed by atoms with Crippen LogP contribution < -0.4 is 5.46 Å². The minimum absolute atomic E-state index is 0.00541. The molecule has 0 unspecified atom stereocenters. The molecule has 0 amide bonds. The Morgan fingerprint density at radius 3 is 1.78 bits per heavy atom. The molecule has 0 radical (unpaired) electrons. The SMILES string of the molecule is Cc1cc2c(cc1B(O)O)C(C)(C)C=CC2(C)C. The highest BCUT2D eigenvalue weighted by Gasteiger charge is 2.34. The Bertz CT molecular complexity index is 513. The van der Waals surface area contributed by atoms with Gasteiger partial charge < -0.3 is 10.0 Å². The first-order valence-corrected chi connectivity index (χ1v) is 6.37. The third kappa shape index (κ3) is 2.02. The highest BCUT2D eigenvalue weighted by atomic mass is 16.4. The van der Waals surface area contributed by atoms with Crippen molar-refractivity contribution in [1.29, 1.82) is 0 Å². The van der Waals surface area contributed by atoms with Gasteiger partial charge in [0.05, 0.1) is 0 Å². The average molecular weight is 244 g/mol. The van der Waals surface area contributed by atoms with E-state index in [0.29, 0.717) is 5.46 Å². The van der Waals surface area contributed by atoms with Crippen molar-refractivity contribution in [2.45, 2.75) is 45.4 Å². The first-order valence-electron chi connectivity index (χ1n) is 6.37. The first kappa shape index (κ1) is 13.4. The maximum Gasteiger partial charge on any atom is 0.488 e. The van der Waals surface area contributed by atoms with Crippen LogP contribution in [0.1, 0.15) is 44.4 Å². The monoisotopic (exact) mass is 244 g/mol. The molecule has 2 rings (SSSR count). The quantitative estimate of drug-likeness (QED) is 0.584. The van der Waals surface area contributed by atoms with E-state index < -0.39 is 7.12 Å². The van der Waals surface area contributed by atoms with E-state index in [-0.39, 0.29) is 10.8 Å². The van der Waals surface area contributed by atoms with Crippen LogP contribution in [0, 0.1) is 6.92 Å². The maximum absolute atomic E-state index is 9.44. The van der Waals surface area contributed by atoms with Crippen molar-refractivity contribution < 1.29 is 10.0 Å². The van der Waals surface area contributed by atoms with Crippen molar-refractivity contribution in [2.24, 2.45) is 0 Å². The van der Waals surface area contributed by atoms with Crippen LogP contribution in [0.15, 0.2) is 24.3 Å². The fourth-order valence-corrected chi connectivity index (χ4v) is 2.67. The van der Waals surface area contributed by atoms with Crippen LogP contribution in [-0.4, -0.2) is 17.2 Å². The average Bonchev–Trinajstić information content (AvgIpc) is 2.24. The molecule has 1 aromatic rings. The molecule has 0 spiro atoms. The number of benzene rings is 1. The molecule has 0 aromatic heterocycles. The van der Waals surface area contributed by atoms with Crippen LogP contribution in [0.5, 0.6) is 0 Å². The van der Waals surface area contributed by atoms with Crippen molar-refractivity contribution in [2.75, 3.05) is 0 Å². The molecule has 0 saturated heterocycles. The molecule has 96 valence electrons. The Balaban J connectivity index is 2.73. The van der Waals surface area contributed by atoms with E-state index in [0.717, 1.165) is 5.56 Å². The molecule has 0 saturated carbocycles. The van der Waals surface area contributed by atoms with Gasteiger partial charge in [0.2, 0.25) is 0 Å². The van der Waals surface area contributed by atoms with Crippen LogP contribution in [-0.2, 0) is 10.8 Å². The molecule has 1 aromatic carbocycles. The van der Waals surface area contributed by atoms with Gasteiger partial charge in [-0.05, 0) is 23.5 Å². The Morgan fingerprint density at radius 1 is 0.889 bits per heavy atom. The minimum Gasteiger partial charge on any atom is -0.423 e. The largest absolute Gasteiger partial charge is 0.488 e. The molecule has 0 atom stereocenters. The van der Waals surface area contributed by atoms with Gasteiger partial charge in [0.25, 0.3) is 0 Å². The normalized spacial score (nSPS) is 19.5. The van der Waals surface area contributed by atoms with E-state index >= 15 is 0 Å². The number of aryl methyl sites for hydroxylation is 1. The summed E-state index contributed by atoms with van der Waals surface area (Å²) in [6.07, 6.45) is 4.45. The van der Waals surface area contributed by atoms with Gasteiger partial charge in [-0.3, -0.25) is 0 Å². The predicted octanol–water partition coefficient (Wildman–Crippen LogP) is 1.80. The zero-order valence-electron chi connectivity index (χ0n) is 11.8. The third-order valence-electron chi connectivity index (χ3n) is 3.99. The molecule has 3 heteroatoms. The molecule has 0 heterocycles. The predicted molar refractivity (Wildman–Crippen MR) is 76.2 cm³/mol. The Hall–Kier alpha value is -1.06. The van der Waals surface area contributed by atoms with Gasteiger partial charge in [-0.2, -0.15) is 0 Å². The molecule has 2 nitrogen and oxygen atoms in total. The van der Waals surface area contributed by atoms with E-state index in [4.69, 9.17) is 0 Å². The fraction of sp³-hybridized carbons (Fsp3) is 0.467. The van der Waals surface area contributed by atoms with E-state index in [1.807, 2.05) is 13.0 Å². The molecular weight excluding hydrogens is 223 g/mol. The topological polar surface area (TPSA) is 40.5 Å². The van der Waals surface area contributed by atoms with Crippen LogP contribution in [0.25, 0.3) is 0 Å². The molecule has 1 aliphatic carbocycles. The zero-order chi connectivity index (χ0) is 13.7. The summed E-state index contributed by atoms with van der Waals surface area (Å²) in [6, 6.07) is 4.04. The molecule has 0 fully saturated rings. The summed E-state index contributed by atoms with van der Waals surface area (Å²) in [5.41, 5.74) is 3.92. The van der Waals surface area contributed by atoms with Crippen molar-refractivity contribution >= 4 is 12.6 Å².